The van der Waals surface area contributed by atoms with Gasteiger partial charge in [0, 0.05) is 17.6 Å². The maximum atomic E-state index is 10.8. The minimum absolute atomic E-state index is 0.00486. The van der Waals surface area contributed by atoms with E-state index in [1.165, 1.54) is 18.2 Å². The zero-order valence-corrected chi connectivity index (χ0v) is 9.89. The molecule has 3 N–H and O–H groups in total. The van der Waals surface area contributed by atoms with Crippen LogP contribution in [0.25, 0.3) is 0 Å². The van der Waals surface area contributed by atoms with Gasteiger partial charge < -0.3 is 15.5 Å². The van der Waals surface area contributed by atoms with Crippen molar-refractivity contribution in [2.45, 2.75) is 12.2 Å². The normalized spacial score (nSPS) is 14.4. The van der Waals surface area contributed by atoms with E-state index in [-0.39, 0.29) is 22.8 Å². The van der Waals surface area contributed by atoms with Crippen molar-refractivity contribution in [2.24, 2.45) is 0 Å². The third kappa shape index (κ3) is 3.37. The summed E-state index contributed by atoms with van der Waals surface area (Å²) in [7, 11) is 1.60. The van der Waals surface area contributed by atoms with Gasteiger partial charge in [-0.05, 0) is 19.2 Å². The van der Waals surface area contributed by atoms with Gasteiger partial charge in [-0.15, -0.1) is 0 Å². The predicted molar refractivity (Wildman–Crippen MR) is 63.0 cm³/mol. The Labute approximate surface area is 103 Å². The van der Waals surface area contributed by atoms with Crippen LogP contribution >= 0.6 is 11.6 Å². The van der Waals surface area contributed by atoms with E-state index in [0.29, 0.717) is 0 Å². The molecule has 0 heterocycles. The van der Waals surface area contributed by atoms with E-state index < -0.39 is 17.1 Å². The lowest BCUT2D eigenvalue weighted by atomic mass is 10.0. The molecule has 0 saturated carbocycles. The molecular formula is C10H13ClN2O4. The van der Waals surface area contributed by atoms with E-state index in [9.17, 15) is 20.3 Å². The molecular weight excluding hydrogens is 248 g/mol. The molecule has 2 unspecified atom stereocenters. The Kier molecular flexibility index (Phi) is 4.83. The summed E-state index contributed by atoms with van der Waals surface area (Å²) in [6, 6.07) is 3.84. The van der Waals surface area contributed by atoms with Gasteiger partial charge in [-0.1, -0.05) is 11.6 Å². The second-order valence-corrected chi connectivity index (χ2v) is 3.97. The topological polar surface area (TPSA) is 95.6 Å². The number of nitrogens with one attached hydrogen (secondary N) is 1. The Morgan fingerprint density at radius 2 is 2.18 bits per heavy atom. The number of aliphatic hydroxyl groups is 2. The van der Waals surface area contributed by atoms with E-state index in [4.69, 9.17) is 11.6 Å². The number of aliphatic hydroxyl groups excluding tert-OH is 2. The van der Waals surface area contributed by atoms with Gasteiger partial charge in [0.05, 0.1) is 16.6 Å². The highest BCUT2D eigenvalue weighted by Gasteiger charge is 2.26. The van der Waals surface area contributed by atoms with Crippen molar-refractivity contribution in [3.05, 3.63) is 38.9 Å². The first kappa shape index (κ1) is 13.9. The van der Waals surface area contributed by atoms with E-state index in [0.717, 1.165) is 0 Å². The summed E-state index contributed by atoms with van der Waals surface area (Å²) < 4.78 is 0. The Balaban J connectivity index is 3.10. The molecule has 0 bridgehead atoms. The first-order valence-corrected chi connectivity index (χ1v) is 5.29. The lowest BCUT2D eigenvalue weighted by molar-refractivity contribution is -0.386. The molecule has 17 heavy (non-hydrogen) atoms. The van der Waals surface area contributed by atoms with Crippen LogP contribution in [0.1, 0.15) is 11.7 Å². The van der Waals surface area contributed by atoms with Gasteiger partial charge in [-0.2, -0.15) is 0 Å². The highest BCUT2D eigenvalue weighted by Crippen LogP contribution is 2.29. The minimum Gasteiger partial charge on any atom is -0.389 e. The van der Waals surface area contributed by atoms with Crippen molar-refractivity contribution in [2.75, 3.05) is 13.6 Å². The summed E-state index contributed by atoms with van der Waals surface area (Å²) in [5.74, 6) is 0. The van der Waals surface area contributed by atoms with E-state index >= 15 is 0 Å². The average molecular weight is 261 g/mol. The van der Waals surface area contributed by atoms with Crippen molar-refractivity contribution in [3.8, 4) is 0 Å². The van der Waals surface area contributed by atoms with Crippen LogP contribution in [0, 0.1) is 10.1 Å². The molecule has 94 valence electrons. The molecule has 1 aromatic rings. The lowest BCUT2D eigenvalue weighted by Gasteiger charge is -2.17. The molecule has 0 aliphatic rings. The number of nitrogens with zero attached hydrogens (tertiary/aromatic N) is 1. The van der Waals surface area contributed by atoms with Gasteiger partial charge in [0.1, 0.15) is 6.10 Å². The molecule has 0 spiro atoms. The van der Waals surface area contributed by atoms with Gasteiger partial charge in [-0.25, -0.2) is 0 Å². The molecule has 0 aliphatic carbocycles. The van der Waals surface area contributed by atoms with Crippen molar-refractivity contribution in [1.29, 1.82) is 0 Å². The quantitative estimate of drug-likeness (QED) is 0.539. The predicted octanol–water partition coefficient (Wildman–Crippen LogP) is 0.862. The molecule has 1 rings (SSSR count). The first-order chi connectivity index (χ1) is 7.97. The Morgan fingerprint density at radius 3 is 2.71 bits per heavy atom. The van der Waals surface area contributed by atoms with Crippen LogP contribution in [-0.4, -0.2) is 34.8 Å². The number of likely N-dealkylation sites (N-methyl/N-ethyl adjacent to an activating group) is 1. The number of rotatable bonds is 5. The van der Waals surface area contributed by atoms with E-state index in [1.807, 2.05) is 0 Å². The van der Waals surface area contributed by atoms with Gasteiger partial charge in [0.15, 0.2) is 0 Å². The van der Waals surface area contributed by atoms with Crippen LogP contribution in [0.5, 0.6) is 0 Å². The van der Waals surface area contributed by atoms with Crippen LogP contribution < -0.4 is 5.32 Å². The van der Waals surface area contributed by atoms with Crippen LogP contribution in [0.4, 0.5) is 5.69 Å². The molecule has 0 amide bonds. The van der Waals surface area contributed by atoms with E-state index in [2.05, 4.69) is 5.32 Å². The van der Waals surface area contributed by atoms with Crippen LogP contribution in [0.2, 0.25) is 5.02 Å². The maximum absolute atomic E-state index is 10.8. The second kappa shape index (κ2) is 5.92. The molecule has 0 radical (unpaired) electrons. The first-order valence-electron chi connectivity index (χ1n) is 4.92. The molecule has 0 aliphatic heterocycles. The highest BCUT2D eigenvalue weighted by atomic mass is 35.5. The smallest absolute Gasteiger partial charge is 0.275 e. The largest absolute Gasteiger partial charge is 0.389 e. The fourth-order valence-electron chi connectivity index (χ4n) is 1.46. The Morgan fingerprint density at radius 1 is 1.53 bits per heavy atom. The zero-order valence-electron chi connectivity index (χ0n) is 9.13. The van der Waals surface area contributed by atoms with Gasteiger partial charge in [-0.3, -0.25) is 10.1 Å². The third-order valence-electron chi connectivity index (χ3n) is 2.28. The summed E-state index contributed by atoms with van der Waals surface area (Å²) in [6.07, 6.45) is -2.50. The van der Waals surface area contributed by atoms with Crippen molar-refractivity contribution < 1.29 is 15.1 Å². The molecule has 0 fully saturated rings. The lowest BCUT2D eigenvalue weighted by Crippen LogP contribution is -2.29. The summed E-state index contributed by atoms with van der Waals surface area (Å²) in [5, 5.41) is 33.1. The molecule has 0 saturated heterocycles. The van der Waals surface area contributed by atoms with Crippen molar-refractivity contribution in [3.63, 3.8) is 0 Å². The minimum atomic E-state index is -1.36. The van der Waals surface area contributed by atoms with Crippen LogP contribution in [0.3, 0.4) is 0 Å². The van der Waals surface area contributed by atoms with Crippen molar-refractivity contribution >= 4 is 17.3 Å². The van der Waals surface area contributed by atoms with E-state index in [1.54, 1.807) is 7.05 Å². The zero-order chi connectivity index (χ0) is 13.0. The van der Waals surface area contributed by atoms with Gasteiger partial charge >= 0.3 is 0 Å². The van der Waals surface area contributed by atoms with Crippen LogP contribution in [0.15, 0.2) is 18.2 Å². The van der Waals surface area contributed by atoms with Gasteiger partial charge in [0.25, 0.3) is 5.69 Å². The molecule has 0 aromatic heterocycles. The summed E-state index contributed by atoms with van der Waals surface area (Å²) in [5.41, 5.74) is -0.262. The summed E-state index contributed by atoms with van der Waals surface area (Å²) in [4.78, 5) is 10.1. The molecule has 2 atom stereocenters. The fourth-order valence-corrected chi connectivity index (χ4v) is 1.64. The second-order valence-electron chi connectivity index (χ2n) is 3.53. The summed E-state index contributed by atoms with van der Waals surface area (Å²) in [6.45, 7) is 0.116. The monoisotopic (exact) mass is 260 g/mol. The Hall–Kier alpha value is -1.21. The maximum Gasteiger partial charge on any atom is 0.275 e. The van der Waals surface area contributed by atoms with Crippen molar-refractivity contribution in [1.82, 2.24) is 5.32 Å². The standard InChI is InChI=1S/C10H13ClN2O4/c1-12-5-9(14)10(15)7-4-6(11)2-3-8(7)13(16)17/h2-4,9-10,12,14-15H,5H2,1H3. The molecule has 7 heteroatoms. The fraction of sp³-hybridized carbons (Fsp3) is 0.400. The molecule has 6 nitrogen and oxygen atoms in total. The number of halogens is 1. The number of hydrogen-bond donors (Lipinski definition) is 3. The van der Waals surface area contributed by atoms with Crippen LogP contribution in [-0.2, 0) is 0 Å². The number of hydrogen-bond acceptors (Lipinski definition) is 5. The Bertz CT molecular complexity index is 413. The van der Waals surface area contributed by atoms with Gasteiger partial charge in [0.2, 0.25) is 0 Å². The summed E-state index contributed by atoms with van der Waals surface area (Å²) >= 11 is 5.72. The SMILES string of the molecule is CNCC(O)C(O)c1cc(Cl)ccc1[N+](=O)[O-]. The number of benzene rings is 1. The molecule has 1 aromatic carbocycles. The third-order valence-corrected chi connectivity index (χ3v) is 2.52. The number of nitro groups is 1. The number of nitro benzene ring substituents is 1. The average Bonchev–Trinajstić information content (AvgIpc) is 2.27. The highest BCUT2D eigenvalue weighted by molar-refractivity contribution is 6.30.